The van der Waals surface area contributed by atoms with Crippen molar-refractivity contribution in [1.82, 2.24) is 5.32 Å². The molecule has 0 aliphatic heterocycles. The zero-order chi connectivity index (χ0) is 19.1. The van der Waals surface area contributed by atoms with Crippen molar-refractivity contribution in [1.29, 1.82) is 0 Å². The van der Waals surface area contributed by atoms with Gasteiger partial charge in [-0.15, -0.1) is 0 Å². The summed E-state index contributed by atoms with van der Waals surface area (Å²) in [4.78, 5) is 23.8. The second-order valence-electron chi connectivity index (χ2n) is 6.48. The van der Waals surface area contributed by atoms with E-state index in [2.05, 4.69) is 5.32 Å². The molecule has 2 aromatic rings. The van der Waals surface area contributed by atoms with Gasteiger partial charge in [-0.1, -0.05) is 56.3 Å². The van der Waals surface area contributed by atoms with E-state index in [1.54, 1.807) is 31.4 Å². The van der Waals surface area contributed by atoms with E-state index < -0.39 is 22.8 Å². The number of nitro groups is 1. The Hall–Kier alpha value is -2.89. The smallest absolute Gasteiger partial charge is 0.296 e. The van der Waals surface area contributed by atoms with E-state index in [1.165, 1.54) is 0 Å². The van der Waals surface area contributed by atoms with Gasteiger partial charge in [0.15, 0.2) is 0 Å². The van der Waals surface area contributed by atoms with Crippen LogP contribution < -0.4 is 10.1 Å². The zero-order valence-electron chi connectivity index (χ0n) is 15.2. The molecule has 26 heavy (non-hydrogen) atoms. The van der Waals surface area contributed by atoms with Crippen LogP contribution in [0.25, 0.3) is 0 Å². The fourth-order valence-corrected chi connectivity index (χ4v) is 3.04. The Kier molecular flexibility index (Phi) is 6.72. The Bertz CT molecular complexity index is 729. The first-order valence-corrected chi connectivity index (χ1v) is 8.53. The van der Waals surface area contributed by atoms with Gasteiger partial charge in [0.1, 0.15) is 5.75 Å². The van der Waals surface area contributed by atoms with Gasteiger partial charge in [-0.05, 0) is 29.2 Å². The second-order valence-corrected chi connectivity index (χ2v) is 6.48. The summed E-state index contributed by atoms with van der Waals surface area (Å²) >= 11 is 0. The summed E-state index contributed by atoms with van der Waals surface area (Å²) in [5.74, 6) is -0.524. The highest BCUT2D eigenvalue weighted by Crippen LogP contribution is 2.31. The maximum atomic E-state index is 12.6. The van der Waals surface area contributed by atoms with Crippen molar-refractivity contribution in [3.05, 3.63) is 75.8 Å². The van der Waals surface area contributed by atoms with Crippen LogP contribution in [0.4, 0.5) is 0 Å². The van der Waals surface area contributed by atoms with Gasteiger partial charge < -0.3 is 10.1 Å². The molecule has 0 aliphatic carbocycles. The minimum Gasteiger partial charge on any atom is -0.497 e. The predicted octanol–water partition coefficient (Wildman–Crippen LogP) is 3.40. The summed E-state index contributed by atoms with van der Waals surface area (Å²) in [6.45, 7) is 4.03. The molecule has 1 N–H and O–H groups in total. The van der Waals surface area contributed by atoms with Crippen LogP contribution in [-0.2, 0) is 11.3 Å². The highest BCUT2D eigenvalue weighted by molar-refractivity contribution is 5.81. The van der Waals surface area contributed by atoms with Crippen molar-refractivity contribution in [3.63, 3.8) is 0 Å². The Balaban J connectivity index is 2.22. The predicted molar refractivity (Wildman–Crippen MR) is 99.6 cm³/mol. The van der Waals surface area contributed by atoms with Gasteiger partial charge in [0, 0.05) is 11.5 Å². The molecule has 0 fully saturated rings. The molecule has 0 radical (unpaired) electrons. The summed E-state index contributed by atoms with van der Waals surface area (Å²) in [5.41, 5.74) is 1.64. The molecule has 0 saturated heterocycles. The molecule has 2 aromatic carbocycles. The molecule has 2 rings (SSSR count). The number of hydrogen-bond acceptors (Lipinski definition) is 4. The monoisotopic (exact) mass is 356 g/mol. The van der Waals surface area contributed by atoms with E-state index in [9.17, 15) is 14.9 Å². The van der Waals surface area contributed by atoms with E-state index in [0.717, 1.165) is 11.1 Å². The number of carbonyl (C=O) groups is 1. The van der Waals surface area contributed by atoms with Gasteiger partial charge >= 0.3 is 0 Å². The largest absolute Gasteiger partial charge is 0.497 e. The van der Waals surface area contributed by atoms with Crippen molar-refractivity contribution in [2.24, 2.45) is 5.92 Å². The highest BCUT2D eigenvalue weighted by atomic mass is 16.6. The molecule has 0 spiro atoms. The molecule has 0 aromatic heterocycles. The van der Waals surface area contributed by atoms with Gasteiger partial charge in [0.2, 0.25) is 0 Å². The van der Waals surface area contributed by atoms with E-state index in [-0.39, 0.29) is 12.5 Å². The van der Waals surface area contributed by atoms with Crippen LogP contribution >= 0.6 is 0 Å². The van der Waals surface area contributed by atoms with Crippen molar-refractivity contribution >= 4 is 5.91 Å². The van der Waals surface area contributed by atoms with Crippen LogP contribution in [0.1, 0.15) is 30.9 Å². The minimum absolute atomic E-state index is 0.0822. The number of rotatable bonds is 8. The van der Waals surface area contributed by atoms with Crippen molar-refractivity contribution in [2.45, 2.75) is 32.4 Å². The Morgan fingerprint density at radius 3 is 2.23 bits per heavy atom. The average Bonchev–Trinajstić information content (AvgIpc) is 2.64. The van der Waals surface area contributed by atoms with E-state index in [1.807, 2.05) is 44.2 Å². The molecular formula is C20H24N2O4. The van der Waals surface area contributed by atoms with Crippen LogP contribution in [0.2, 0.25) is 0 Å². The third-order valence-corrected chi connectivity index (χ3v) is 4.36. The lowest BCUT2D eigenvalue weighted by atomic mass is 9.82. The van der Waals surface area contributed by atoms with Crippen LogP contribution in [0, 0.1) is 16.0 Å². The number of methoxy groups -OCH3 is 1. The molecule has 0 aliphatic rings. The number of benzene rings is 2. The molecule has 6 heteroatoms. The lowest BCUT2D eigenvalue weighted by Gasteiger charge is -2.24. The Morgan fingerprint density at radius 2 is 1.73 bits per heavy atom. The molecule has 6 nitrogen and oxygen atoms in total. The molecule has 0 bridgehead atoms. The maximum Gasteiger partial charge on any atom is 0.296 e. The first kappa shape index (κ1) is 19.4. The topological polar surface area (TPSA) is 81.5 Å². The van der Waals surface area contributed by atoms with Crippen LogP contribution in [-0.4, -0.2) is 24.0 Å². The number of hydrogen-bond donors (Lipinski definition) is 1. The first-order chi connectivity index (χ1) is 12.4. The molecule has 138 valence electrons. The van der Waals surface area contributed by atoms with Gasteiger partial charge in [-0.3, -0.25) is 14.9 Å². The lowest BCUT2D eigenvalue weighted by molar-refractivity contribution is -0.513. The number of amides is 1. The zero-order valence-corrected chi connectivity index (χ0v) is 15.2. The standard InChI is InChI=1S/C20H24N2O4/c1-14(2)18(16-9-11-17(26-3)12-10-16)19(22(24)25)20(23)21-13-15-7-5-4-6-8-15/h4-12,14,18-19H,13H2,1-3H3,(H,21,23)/t18-,19-/m1/s1. The van der Waals surface area contributed by atoms with Crippen LogP contribution in [0.15, 0.2) is 54.6 Å². The lowest BCUT2D eigenvalue weighted by Crippen LogP contribution is -2.44. The molecule has 2 atom stereocenters. The Morgan fingerprint density at radius 1 is 1.12 bits per heavy atom. The SMILES string of the molecule is COc1ccc([C@@H](C(C)C)[C@H](C(=O)NCc2ccccc2)[N+](=O)[O-])cc1. The van der Waals surface area contributed by atoms with Crippen LogP contribution in [0.5, 0.6) is 5.75 Å². The summed E-state index contributed by atoms with van der Waals surface area (Å²) < 4.78 is 5.14. The summed E-state index contributed by atoms with van der Waals surface area (Å²) in [6.07, 6.45) is 0. The molecule has 0 heterocycles. The fraction of sp³-hybridized carbons (Fsp3) is 0.350. The maximum absolute atomic E-state index is 12.6. The highest BCUT2D eigenvalue weighted by Gasteiger charge is 2.41. The second kappa shape index (κ2) is 8.99. The average molecular weight is 356 g/mol. The number of carbonyl (C=O) groups excluding carboxylic acids is 1. The number of nitrogens with zero attached hydrogens (tertiary/aromatic N) is 1. The van der Waals surface area contributed by atoms with Gasteiger partial charge in [0.05, 0.1) is 13.0 Å². The van der Waals surface area contributed by atoms with Crippen molar-refractivity contribution in [3.8, 4) is 5.75 Å². The fourth-order valence-electron chi connectivity index (χ4n) is 3.04. The minimum atomic E-state index is -1.35. The third-order valence-electron chi connectivity index (χ3n) is 4.36. The summed E-state index contributed by atoms with van der Waals surface area (Å²) in [5, 5.41) is 14.4. The molecule has 1 amide bonds. The number of nitrogens with one attached hydrogen (secondary N) is 1. The summed E-state index contributed by atoms with van der Waals surface area (Å²) in [7, 11) is 1.56. The van der Waals surface area contributed by atoms with Gasteiger partial charge in [0.25, 0.3) is 11.9 Å². The first-order valence-electron chi connectivity index (χ1n) is 8.53. The Labute approximate surface area is 153 Å². The molecular weight excluding hydrogens is 332 g/mol. The van der Waals surface area contributed by atoms with Gasteiger partial charge in [-0.25, -0.2) is 0 Å². The van der Waals surface area contributed by atoms with E-state index in [0.29, 0.717) is 5.75 Å². The van der Waals surface area contributed by atoms with Crippen molar-refractivity contribution in [2.75, 3.05) is 7.11 Å². The molecule has 0 saturated carbocycles. The van der Waals surface area contributed by atoms with E-state index >= 15 is 0 Å². The normalized spacial score (nSPS) is 13.1. The van der Waals surface area contributed by atoms with Crippen molar-refractivity contribution < 1.29 is 14.5 Å². The molecule has 0 unspecified atom stereocenters. The van der Waals surface area contributed by atoms with Gasteiger partial charge in [-0.2, -0.15) is 0 Å². The quantitative estimate of drug-likeness (QED) is 0.580. The van der Waals surface area contributed by atoms with E-state index in [4.69, 9.17) is 4.74 Å². The third kappa shape index (κ3) is 4.81. The summed E-state index contributed by atoms with van der Waals surface area (Å²) in [6, 6.07) is 15.1. The van der Waals surface area contributed by atoms with Crippen LogP contribution in [0.3, 0.4) is 0 Å². The number of ether oxygens (including phenoxy) is 1.